The van der Waals surface area contributed by atoms with Gasteiger partial charge in [0.1, 0.15) is 6.20 Å². The van der Waals surface area contributed by atoms with Crippen molar-refractivity contribution in [2.24, 2.45) is 5.41 Å². The van der Waals surface area contributed by atoms with Gasteiger partial charge in [-0.3, -0.25) is 9.59 Å². The zero-order valence-corrected chi connectivity index (χ0v) is 13.6. The Balaban J connectivity index is 2.03. The van der Waals surface area contributed by atoms with Gasteiger partial charge in [-0.2, -0.15) is 0 Å². The molecule has 0 fully saturated rings. The number of anilines is 1. The van der Waals surface area contributed by atoms with Gasteiger partial charge in [-0.25, -0.2) is 0 Å². The van der Waals surface area contributed by atoms with Gasteiger partial charge in [0.2, 0.25) is 12.2 Å². The lowest BCUT2D eigenvalue weighted by atomic mass is 9.95. The molecular weight excluding hydrogens is 312 g/mol. The van der Waals surface area contributed by atoms with Gasteiger partial charge in [0.15, 0.2) is 5.78 Å². The van der Waals surface area contributed by atoms with Gasteiger partial charge in [-0.1, -0.05) is 20.8 Å². The van der Waals surface area contributed by atoms with E-state index in [2.05, 4.69) is 10.3 Å². The molecule has 2 aromatic rings. The van der Waals surface area contributed by atoms with E-state index in [0.29, 0.717) is 11.3 Å². The Bertz CT molecular complexity index is 772. The molecule has 0 radical (unpaired) electrons. The van der Waals surface area contributed by atoms with Crippen LogP contribution >= 0.6 is 0 Å². The van der Waals surface area contributed by atoms with Crippen molar-refractivity contribution in [1.29, 1.82) is 0 Å². The molecule has 0 saturated carbocycles. The van der Waals surface area contributed by atoms with Crippen molar-refractivity contribution in [1.82, 2.24) is 9.55 Å². The summed E-state index contributed by atoms with van der Waals surface area (Å²) in [5, 5.41) is 13.3. The van der Waals surface area contributed by atoms with Gasteiger partial charge in [-0.15, -0.1) is 0 Å². The van der Waals surface area contributed by atoms with Crippen LogP contribution < -0.4 is 5.32 Å². The van der Waals surface area contributed by atoms with Crippen molar-refractivity contribution >= 4 is 23.2 Å². The minimum atomic E-state index is -0.617. The highest BCUT2D eigenvalue weighted by Gasteiger charge is 2.21. The van der Waals surface area contributed by atoms with E-state index in [1.54, 1.807) is 24.3 Å². The summed E-state index contributed by atoms with van der Waals surface area (Å²) < 4.78 is 1.36. The van der Waals surface area contributed by atoms with Gasteiger partial charge in [0, 0.05) is 16.7 Å². The molecule has 1 N–H and O–H groups in total. The quantitative estimate of drug-likeness (QED) is 0.515. The lowest BCUT2D eigenvalue weighted by molar-refractivity contribution is -0.389. The third-order valence-electron chi connectivity index (χ3n) is 3.28. The molecular formula is C16H18N4O4. The van der Waals surface area contributed by atoms with E-state index in [1.807, 2.05) is 20.8 Å². The lowest BCUT2D eigenvalue weighted by Gasteiger charge is -2.17. The number of benzene rings is 1. The summed E-state index contributed by atoms with van der Waals surface area (Å²) in [7, 11) is 0. The zero-order valence-electron chi connectivity index (χ0n) is 13.6. The summed E-state index contributed by atoms with van der Waals surface area (Å²) in [6.07, 6.45) is 2.45. The molecule has 2 rings (SSSR count). The number of nitrogens with zero attached hydrogens (tertiary/aromatic N) is 3. The third-order valence-corrected chi connectivity index (χ3v) is 3.28. The topological polar surface area (TPSA) is 107 Å². The van der Waals surface area contributed by atoms with Crippen LogP contribution in [0.15, 0.2) is 36.8 Å². The van der Waals surface area contributed by atoms with E-state index in [0.717, 1.165) is 0 Å². The van der Waals surface area contributed by atoms with Crippen LogP contribution in [-0.2, 0) is 11.3 Å². The van der Waals surface area contributed by atoms with Crippen molar-refractivity contribution in [2.75, 3.05) is 5.32 Å². The summed E-state index contributed by atoms with van der Waals surface area (Å²) in [4.78, 5) is 37.6. The third kappa shape index (κ3) is 4.25. The number of rotatable bonds is 5. The standard InChI is InChI=1S/C16H18N4O4/c1-16(2,3)15(22)18-12-6-4-11(5-7-12)13(21)8-19-9-14(17-10-19)20(23)24/h4-7,9-10H,8H2,1-3H3,(H,18,22). The maximum atomic E-state index is 12.2. The predicted octanol–water partition coefficient (Wildman–Crippen LogP) is 2.66. The minimum absolute atomic E-state index is 0.0471. The van der Waals surface area contributed by atoms with E-state index < -0.39 is 10.3 Å². The van der Waals surface area contributed by atoms with E-state index >= 15 is 0 Å². The maximum absolute atomic E-state index is 12.2. The van der Waals surface area contributed by atoms with Gasteiger partial charge < -0.3 is 20.0 Å². The van der Waals surface area contributed by atoms with Crippen molar-refractivity contribution in [2.45, 2.75) is 27.3 Å². The van der Waals surface area contributed by atoms with E-state index in [9.17, 15) is 19.7 Å². The Hall–Kier alpha value is -3.03. The van der Waals surface area contributed by atoms with Crippen LogP contribution in [-0.4, -0.2) is 26.2 Å². The highest BCUT2D eigenvalue weighted by atomic mass is 16.6. The van der Waals surface area contributed by atoms with Crippen molar-refractivity contribution in [3.05, 3.63) is 52.5 Å². The molecule has 8 heteroatoms. The highest BCUT2D eigenvalue weighted by molar-refractivity contribution is 5.97. The number of hydrogen-bond donors (Lipinski definition) is 1. The van der Waals surface area contributed by atoms with Crippen molar-refractivity contribution < 1.29 is 14.5 Å². The second-order valence-electron chi connectivity index (χ2n) is 6.37. The van der Waals surface area contributed by atoms with Gasteiger partial charge >= 0.3 is 5.82 Å². The number of aromatic nitrogens is 2. The number of nitro groups is 1. The molecule has 0 bridgehead atoms. The molecule has 0 aliphatic rings. The molecule has 24 heavy (non-hydrogen) atoms. The molecule has 0 atom stereocenters. The molecule has 0 aliphatic carbocycles. The first-order valence-corrected chi connectivity index (χ1v) is 7.28. The van der Waals surface area contributed by atoms with Crippen molar-refractivity contribution in [3.63, 3.8) is 0 Å². The monoisotopic (exact) mass is 330 g/mol. The smallest absolute Gasteiger partial charge is 0.358 e. The predicted molar refractivity (Wildman–Crippen MR) is 87.7 cm³/mol. The summed E-state index contributed by atoms with van der Waals surface area (Å²) in [5.74, 6) is -0.633. The number of amides is 1. The molecule has 0 aliphatic heterocycles. The van der Waals surface area contributed by atoms with Crippen LogP contribution in [0.5, 0.6) is 0 Å². The Kier molecular flexibility index (Phi) is 4.77. The van der Waals surface area contributed by atoms with Gasteiger partial charge in [-0.05, 0) is 34.2 Å². The normalized spacial score (nSPS) is 11.1. The zero-order chi connectivity index (χ0) is 17.9. The SMILES string of the molecule is CC(C)(C)C(=O)Nc1ccc(C(=O)Cn2cnc([N+](=O)[O-])c2)cc1. The first kappa shape index (κ1) is 17.3. The summed E-state index contributed by atoms with van der Waals surface area (Å²) in [6, 6.07) is 6.50. The highest BCUT2D eigenvalue weighted by Crippen LogP contribution is 2.18. The first-order valence-electron chi connectivity index (χ1n) is 7.28. The summed E-state index contributed by atoms with van der Waals surface area (Å²) in [6.45, 7) is 5.38. The molecule has 1 aromatic heterocycles. The Labute approximate surface area is 138 Å². The van der Waals surface area contributed by atoms with Gasteiger partial charge in [0.05, 0.1) is 6.54 Å². The average Bonchev–Trinajstić information content (AvgIpc) is 2.95. The first-order chi connectivity index (χ1) is 11.2. The van der Waals surface area contributed by atoms with Gasteiger partial charge in [0.25, 0.3) is 0 Å². The number of nitrogens with one attached hydrogen (secondary N) is 1. The molecule has 8 nitrogen and oxygen atoms in total. The Morgan fingerprint density at radius 3 is 2.38 bits per heavy atom. The minimum Gasteiger partial charge on any atom is -0.358 e. The second-order valence-corrected chi connectivity index (χ2v) is 6.37. The van der Waals surface area contributed by atoms with Crippen LogP contribution in [0.25, 0.3) is 0 Å². The second kappa shape index (κ2) is 6.61. The number of ketones is 1. The summed E-state index contributed by atoms with van der Waals surface area (Å²) in [5.41, 5.74) is 0.537. The molecule has 1 aromatic carbocycles. The average molecular weight is 330 g/mol. The number of carbonyl (C=O) groups excluding carboxylic acids is 2. The fourth-order valence-electron chi connectivity index (χ4n) is 1.84. The van der Waals surface area contributed by atoms with E-state index in [-0.39, 0.29) is 24.1 Å². The van der Waals surface area contributed by atoms with Crippen molar-refractivity contribution in [3.8, 4) is 0 Å². The molecule has 1 amide bonds. The van der Waals surface area contributed by atoms with Crippen LogP contribution in [0.3, 0.4) is 0 Å². The van der Waals surface area contributed by atoms with E-state index in [1.165, 1.54) is 17.1 Å². The number of hydrogen-bond acceptors (Lipinski definition) is 5. The lowest BCUT2D eigenvalue weighted by Crippen LogP contribution is -2.27. The Morgan fingerprint density at radius 2 is 1.88 bits per heavy atom. The fraction of sp³-hybridized carbons (Fsp3) is 0.312. The number of carbonyl (C=O) groups is 2. The molecule has 1 heterocycles. The molecule has 0 unspecified atom stereocenters. The summed E-state index contributed by atoms with van der Waals surface area (Å²) >= 11 is 0. The molecule has 0 spiro atoms. The maximum Gasteiger partial charge on any atom is 0.381 e. The molecule has 126 valence electrons. The Morgan fingerprint density at radius 1 is 1.25 bits per heavy atom. The van der Waals surface area contributed by atoms with Crippen LogP contribution in [0.2, 0.25) is 0 Å². The fourth-order valence-corrected chi connectivity index (χ4v) is 1.84. The van der Waals surface area contributed by atoms with Crippen LogP contribution in [0.4, 0.5) is 11.5 Å². The number of Topliss-reactive ketones (excluding diaryl/α,β-unsaturated/α-hetero) is 1. The molecule has 0 saturated heterocycles. The van der Waals surface area contributed by atoms with Crippen LogP contribution in [0.1, 0.15) is 31.1 Å². The van der Waals surface area contributed by atoms with E-state index in [4.69, 9.17) is 0 Å². The van der Waals surface area contributed by atoms with Crippen LogP contribution in [0, 0.1) is 15.5 Å². The largest absolute Gasteiger partial charge is 0.381 e. The number of imidazole rings is 1.